The zero-order valence-corrected chi connectivity index (χ0v) is 9.29. The van der Waals surface area contributed by atoms with E-state index < -0.39 is 0 Å². The van der Waals surface area contributed by atoms with Crippen LogP contribution in [0.25, 0.3) is 0 Å². The second-order valence-corrected chi connectivity index (χ2v) is 3.01. The molecule has 76 valence electrons. The van der Waals surface area contributed by atoms with Gasteiger partial charge in [-0.15, -0.1) is 0 Å². The van der Waals surface area contributed by atoms with Gasteiger partial charge in [0.1, 0.15) is 0 Å². The molecule has 0 fully saturated rings. The topological polar surface area (TPSA) is 0 Å². The first-order valence-electron chi connectivity index (χ1n) is 4.77. The summed E-state index contributed by atoms with van der Waals surface area (Å²) in [5.74, 6) is 0.654. The summed E-state index contributed by atoms with van der Waals surface area (Å²) in [6, 6.07) is 8.54. The van der Waals surface area contributed by atoms with Gasteiger partial charge < -0.3 is 0 Å². The summed E-state index contributed by atoms with van der Waals surface area (Å²) in [5, 5.41) is 0. The Morgan fingerprint density at radius 3 is 1.77 bits per heavy atom. The minimum Gasteiger partial charge on any atom is -0.269 e. The Kier molecular flexibility index (Phi) is 8.78. The molecular formula is C12H21F. The highest BCUT2D eigenvalue weighted by Crippen LogP contribution is 2.17. The van der Waals surface area contributed by atoms with E-state index in [1.165, 1.54) is 11.1 Å². The van der Waals surface area contributed by atoms with Gasteiger partial charge in [-0.05, 0) is 24.0 Å². The zero-order chi connectivity index (χ0) is 9.56. The molecule has 0 spiro atoms. The molecule has 0 nitrogen and oxygen atoms in total. The van der Waals surface area contributed by atoms with Gasteiger partial charge in [-0.25, -0.2) is 0 Å². The summed E-state index contributed by atoms with van der Waals surface area (Å²) >= 11 is 0. The highest BCUT2D eigenvalue weighted by Gasteiger charge is 1.99. The Morgan fingerprint density at radius 1 is 1.00 bits per heavy atom. The van der Waals surface area contributed by atoms with Crippen LogP contribution in [0.1, 0.15) is 44.7 Å². The Morgan fingerprint density at radius 2 is 1.46 bits per heavy atom. The van der Waals surface area contributed by atoms with E-state index in [2.05, 4.69) is 45.0 Å². The lowest BCUT2D eigenvalue weighted by Gasteiger charge is -2.07. The molecule has 0 aliphatic rings. The molecule has 0 aliphatic heterocycles. The molecule has 0 bridgehead atoms. The molecule has 0 saturated heterocycles. The Balaban J connectivity index is 0. The van der Waals surface area contributed by atoms with Crippen LogP contribution in [0.5, 0.6) is 0 Å². The van der Waals surface area contributed by atoms with Crippen LogP contribution in [0.3, 0.4) is 0 Å². The van der Waals surface area contributed by atoms with Crippen molar-refractivity contribution in [3.05, 3.63) is 35.4 Å². The largest absolute Gasteiger partial charge is 0.269 e. The van der Waals surface area contributed by atoms with E-state index in [0.717, 1.165) is 0 Å². The Hall–Kier alpha value is -0.850. The molecule has 0 radical (unpaired) electrons. The first-order valence-corrected chi connectivity index (χ1v) is 4.77. The lowest BCUT2D eigenvalue weighted by Crippen LogP contribution is -1.89. The molecule has 1 rings (SSSR count). The van der Waals surface area contributed by atoms with Crippen LogP contribution in [-0.2, 0) is 0 Å². The number of hydrogen-bond donors (Lipinski definition) is 0. The Bertz CT molecular complexity index is 216. The predicted octanol–water partition coefficient (Wildman–Crippen LogP) is 4.30. The SMILES string of the molecule is CC.Cc1ccccc1C(C)C.F. The predicted molar refractivity (Wildman–Crippen MR) is 59.1 cm³/mol. The minimum atomic E-state index is 0. The standard InChI is InChI=1S/C10H14.C2H6.FH/c1-8(2)10-7-5-4-6-9(10)3;1-2;/h4-8H,1-3H3;1-2H3;1H. The number of benzene rings is 1. The van der Waals surface area contributed by atoms with E-state index in [0.29, 0.717) is 5.92 Å². The highest BCUT2D eigenvalue weighted by molar-refractivity contribution is 5.27. The van der Waals surface area contributed by atoms with E-state index in [1.807, 2.05) is 13.8 Å². The normalized spacial score (nSPS) is 8.46. The third kappa shape index (κ3) is 4.66. The van der Waals surface area contributed by atoms with Crippen molar-refractivity contribution in [2.24, 2.45) is 0 Å². The van der Waals surface area contributed by atoms with Gasteiger partial charge in [-0.1, -0.05) is 52.0 Å². The van der Waals surface area contributed by atoms with Crippen LogP contribution in [0.4, 0.5) is 4.70 Å². The van der Waals surface area contributed by atoms with Gasteiger partial charge >= 0.3 is 0 Å². The second kappa shape index (κ2) is 7.78. The molecule has 0 saturated carbocycles. The van der Waals surface area contributed by atoms with Crippen molar-refractivity contribution in [1.29, 1.82) is 0 Å². The van der Waals surface area contributed by atoms with E-state index >= 15 is 0 Å². The molecule has 0 heterocycles. The monoisotopic (exact) mass is 184 g/mol. The second-order valence-electron chi connectivity index (χ2n) is 3.01. The maximum atomic E-state index is 2.22. The summed E-state index contributed by atoms with van der Waals surface area (Å²) in [5.41, 5.74) is 2.86. The number of rotatable bonds is 1. The van der Waals surface area contributed by atoms with Gasteiger partial charge in [-0.2, -0.15) is 0 Å². The summed E-state index contributed by atoms with van der Waals surface area (Å²) in [6.07, 6.45) is 0. The van der Waals surface area contributed by atoms with Crippen molar-refractivity contribution >= 4 is 0 Å². The lowest BCUT2D eigenvalue weighted by molar-refractivity contribution is 0.856. The minimum absolute atomic E-state index is 0. The third-order valence-corrected chi connectivity index (χ3v) is 1.81. The quantitative estimate of drug-likeness (QED) is 0.610. The molecule has 1 aromatic rings. The summed E-state index contributed by atoms with van der Waals surface area (Å²) < 4.78 is 0. The first kappa shape index (κ1) is 14.7. The van der Waals surface area contributed by atoms with Gasteiger partial charge in [0.05, 0.1) is 0 Å². The number of aryl methyl sites for hydroxylation is 1. The van der Waals surface area contributed by atoms with Crippen molar-refractivity contribution in [1.82, 2.24) is 0 Å². The van der Waals surface area contributed by atoms with Crippen molar-refractivity contribution in [3.8, 4) is 0 Å². The van der Waals surface area contributed by atoms with Crippen LogP contribution in [0, 0.1) is 6.92 Å². The average Bonchev–Trinajstić information content (AvgIpc) is 2.08. The maximum Gasteiger partial charge on any atom is -0.0216 e. The van der Waals surface area contributed by atoms with Crippen molar-refractivity contribution in [2.45, 2.75) is 40.5 Å². The molecule has 0 aromatic heterocycles. The molecule has 13 heavy (non-hydrogen) atoms. The van der Waals surface area contributed by atoms with Gasteiger partial charge in [-0.3, -0.25) is 4.70 Å². The number of halogens is 1. The molecule has 0 N–H and O–H groups in total. The van der Waals surface area contributed by atoms with E-state index in [9.17, 15) is 0 Å². The van der Waals surface area contributed by atoms with Crippen molar-refractivity contribution in [3.63, 3.8) is 0 Å². The van der Waals surface area contributed by atoms with E-state index in [1.54, 1.807) is 0 Å². The molecule has 0 unspecified atom stereocenters. The first-order chi connectivity index (χ1) is 5.72. The molecule has 1 heteroatoms. The molecule has 0 aliphatic carbocycles. The van der Waals surface area contributed by atoms with Crippen molar-refractivity contribution in [2.75, 3.05) is 0 Å². The lowest BCUT2D eigenvalue weighted by atomic mass is 9.99. The number of hydrogen-bond acceptors (Lipinski definition) is 0. The fourth-order valence-corrected chi connectivity index (χ4v) is 1.23. The van der Waals surface area contributed by atoms with Gasteiger partial charge in [0, 0.05) is 0 Å². The van der Waals surface area contributed by atoms with Crippen LogP contribution >= 0.6 is 0 Å². The fourth-order valence-electron chi connectivity index (χ4n) is 1.23. The smallest absolute Gasteiger partial charge is 0.0216 e. The summed E-state index contributed by atoms with van der Waals surface area (Å²) in [6.45, 7) is 10.6. The average molecular weight is 184 g/mol. The molecule has 0 amide bonds. The fraction of sp³-hybridized carbons (Fsp3) is 0.500. The van der Waals surface area contributed by atoms with Crippen LogP contribution in [-0.4, -0.2) is 0 Å². The third-order valence-electron chi connectivity index (χ3n) is 1.81. The zero-order valence-electron chi connectivity index (χ0n) is 9.29. The summed E-state index contributed by atoms with van der Waals surface area (Å²) in [7, 11) is 0. The van der Waals surface area contributed by atoms with Crippen LogP contribution in [0.2, 0.25) is 0 Å². The van der Waals surface area contributed by atoms with Gasteiger partial charge in [0.2, 0.25) is 0 Å². The Labute approximate surface area is 81.4 Å². The molecular weight excluding hydrogens is 163 g/mol. The van der Waals surface area contributed by atoms with Gasteiger partial charge in [0.25, 0.3) is 0 Å². The summed E-state index contributed by atoms with van der Waals surface area (Å²) in [4.78, 5) is 0. The van der Waals surface area contributed by atoms with Crippen molar-refractivity contribution < 1.29 is 4.70 Å². The van der Waals surface area contributed by atoms with Crippen LogP contribution < -0.4 is 0 Å². The highest BCUT2D eigenvalue weighted by atomic mass is 19.0. The maximum absolute atomic E-state index is 2.22. The van der Waals surface area contributed by atoms with Crippen LogP contribution in [0.15, 0.2) is 24.3 Å². The molecule has 0 atom stereocenters. The van der Waals surface area contributed by atoms with Gasteiger partial charge in [0.15, 0.2) is 0 Å². The van der Waals surface area contributed by atoms with E-state index in [-0.39, 0.29) is 4.70 Å². The van der Waals surface area contributed by atoms with E-state index in [4.69, 9.17) is 0 Å². The molecule has 1 aromatic carbocycles.